The Labute approximate surface area is 123 Å². The van der Waals surface area contributed by atoms with Gasteiger partial charge in [-0.05, 0) is 50.3 Å². The normalized spacial score (nSPS) is 17.9. The molecule has 1 amide bonds. The molecule has 1 aliphatic rings. The molecule has 0 spiro atoms. The fraction of sp³-hybridized carbons (Fsp3) is 0.562. The van der Waals surface area contributed by atoms with Crippen LogP contribution < -0.4 is 11.1 Å². The van der Waals surface area contributed by atoms with Gasteiger partial charge in [-0.1, -0.05) is 12.5 Å². The summed E-state index contributed by atoms with van der Waals surface area (Å²) in [5, 5.41) is 2.81. The van der Waals surface area contributed by atoms with Crippen LogP contribution in [0.2, 0.25) is 0 Å². The molecule has 0 saturated heterocycles. The summed E-state index contributed by atoms with van der Waals surface area (Å²) in [6, 6.07) is 3.47. The van der Waals surface area contributed by atoms with E-state index in [-0.39, 0.29) is 29.3 Å². The lowest BCUT2D eigenvalue weighted by molar-refractivity contribution is -0.125. The Balaban J connectivity index is 1.89. The van der Waals surface area contributed by atoms with E-state index in [2.05, 4.69) is 5.32 Å². The van der Waals surface area contributed by atoms with Crippen LogP contribution in [0.4, 0.5) is 8.78 Å². The minimum atomic E-state index is -0.575. The third-order valence-electron chi connectivity index (χ3n) is 4.36. The van der Waals surface area contributed by atoms with Crippen molar-refractivity contribution in [3.05, 3.63) is 35.4 Å². The Bertz CT molecular complexity index is 489. The van der Waals surface area contributed by atoms with Crippen LogP contribution in [0, 0.1) is 17.0 Å². The van der Waals surface area contributed by atoms with Gasteiger partial charge < -0.3 is 11.1 Å². The number of benzene rings is 1. The summed E-state index contributed by atoms with van der Waals surface area (Å²) in [7, 11) is 0. The minimum Gasteiger partial charge on any atom is -0.353 e. The third kappa shape index (κ3) is 3.79. The molecule has 1 aromatic carbocycles. The second kappa shape index (κ2) is 6.52. The highest BCUT2D eigenvalue weighted by Crippen LogP contribution is 2.42. The molecule has 1 fully saturated rings. The topological polar surface area (TPSA) is 55.1 Å². The van der Waals surface area contributed by atoms with E-state index in [1.165, 1.54) is 18.2 Å². The summed E-state index contributed by atoms with van der Waals surface area (Å²) in [4.78, 5) is 12.0. The van der Waals surface area contributed by atoms with Crippen LogP contribution in [-0.2, 0) is 11.2 Å². The molecule has 116 valence electrons. The van der Waals surface area contributed by atoms with Crippen molar-refractivity contribution >= 4 is 5.91 Å². The Morgan fingerprint density at radius 3 is 2.48 bits per heavy atom. The lowest BCUT2D eigenvalue weighted by atomic mass is 9.66. The fourth-order valence-corrected chi connectivity index (χ4v) is 2.88. The highest BCUT2D eigenvalue weighted by atomic mass is 19.1. The zero-order chi connectivity index (χ0) is 15.5. The Hall–Kier alpha value is -1.49. The van der Waals surface area contributed by atoms with E-state index in [1.54, 1.807) is 6.92 Å². The van der Waals surface area contributed by atoms with E-state index in [1.807, 2.05) is 0 Å². The van der Waals surface area contributed by atoms with Gasteiger partial charge in [0.2, 0.25) is 5.91 Å². The molecule has 1 atom stereocenters. The number of nitrogens with two attached hydrogens (primary N) is 1. The molecule has 1 aromatic rings. The van der Waals surface area contributed by atoms with E-state index in [0.29, 0.717) is 13.0 Å². The maximum atomic E-state index is 13.6. The second-order valence-corrected chi connectivity index (χ2v) is 6.11. The lowest BCUT2D eigenvalue weighted by Gasteiger charge is -2.40. The molecule has 1 unspecified atom stereocenters. The summed E-state index contributed by atoms with van der Waals surface area (Å²) >= 11 is 0. The van der Waals surface area contributed by atoms with Crippen molar-refractivity contribution in [1.82, 2.24) is 5.32 Å². The quantitative estimate of drug-likeness (QED) is 0.847. The van der Waals surface area contributed by atoms with Crippen molar-refractivity contribution in [2.45, 2.75) is 45.1 Å². The van der Waals surface area contributed by atoms with Gasteiger partial charge >= 0.3 is 0 Å². The molecule has 0 radical (unpaired) electrons. The standard InChI is InChI=1S/C16H22F2N2O/c1-11(8-12-13(17)4-2-5-14(12)18)20-15(21)9-16(10-19)6-3-7-16/h2,4-5,11H,3,6-10,19H2,1H3,(H,20,21). The van der Waals surface area contributed by atoms with Crippen LogP contribution in [0.3, 0.4) is 0 Å². The molecule has 1 saturated carbocycles. The summed E-state index contributed by atoms with van der Waals surface area (Å²) in [5.74, 6) is -1.24. The smallest absolute Gasteiger partial charge is 0.220 e. The molecular formula is C16H22F2N2O. The van der Waals surface area contributed by atoms with Gasteiger partial charge in [-0.25, -0.2) is 8.78 Å². The largest absolute Gasteiger partial charge is 0.353 e. The molecule has 0 bridgehead atoms. The van der Waals surface area contributed by atoms with Crippen molar-refractivity contribution in [3.63, 3.8) is 0 Å². The zero-order valence-electron chi connectivity index (χ0n) is 12.3. The predicted octanol–water partition coefficient (Wildman–Crippen LogP) is 2.53. The second-order valence-electron chi connectivity index (χ2n) is 6.11. The summed E-state index contributed by atoms with van der Waals surface area (Å²) in [6.07, 6.45) is 3.61. The summed E-state index contributed by atoms with van der Waals surface area (Å²) in [6.45, 7) is 2.26. The maximum Gasteiger partial charge on any atom is 0.220 e. The molecule has 2 rings (SSSR count). The van der Waals surface area contributed by atoms with Crippen LogP contribution in [0.5, 0.6) is 0 Å². The van der Waals surface area contributed by atoms with Crippen LogP contribution in [0.25, 0.3) is 0 Å². The number of rotatable bonds is 6. The van der Waals surface area contributed by atoms with E-state index >= 15 is 0 Å². The van der Waals surface area contributed by atoms with Gasteiger partial charge in [0.25, 0.3) is 0 Å². The average molecular weight is 296 g/mol. The molecule has 5 heteroatoms. The molecule has 3 nitrogen and oxygen atoms in total. The first-order valence-electron chi connectivity index (χ1n) is 7.38. The number of amides is 1. The summed E-state index contributed by atoms with van der Waals surface area (Å²) in [5.41, 5.74) is 5.69. The van der Waals surface area contributed by atoms with Gasteiger partial charge in [0.1, 0.15) is 11.6 Å². The van der Waals surface area contributed by atoms with Gasteiger partial charge in [0.15, 0.2) is 0 Å². The first-order valence-corrected chi connectivity index (χ1v) is 7.38. The van der Waals surface area contributed by atoms with Crippen molar-refractivity contribution < 1.29 is 13.6 Å². The monoisotopic (exact) mass is 296 g/mol. The van der Waals surface area contributed by atoms with Crippen molar-refractivity contribution in [2.24, 2.45) is 11.1 Å². The van der Waals surface area contributed by atoms with E-state index in [4.69, 9.17) is 5.73 Å². The van der Waals surface area contributed by atoms with E-state index < -0.39 is 11.6 Å². The van der Waals surface area contributed by atoms with Crippen LogP contribution in [0.1, 0.15) is 38.2 Å². The Morgan fingerprint density at radius 1 is 1.38 bits per heavy atom. The van der Waals surface area contributed by atoms with E-state index in [0.717, 1.165) is 19.3 Å². The van der Waals surface area contributed by atoms with Crippen LogP contribution >= 0.6 is 0 Å². The van der Waals surface area contributed by atoms with Crippen LogP contribution in [0.15, 0.2) is 18.2 Å². The predicted molar refractivity (Wildman–Crippen MR) is 77.6 cm³/mol. The molecule has 3 N–H and O–H groups in total. The summed E-state index contributed by atoms with van der Waals surface area (Å²) < 4.78 is 27.1. The SMILES string of the molecule is CC(Cc1c(F)cccc1F)NC(=O)CC1(CN)CCC1. The van der Waals surface area contributed by atoms with Crippen LogP contribution in [-0.4, -0.2) is 18.5 Å². The number of carbonyl (C=O) groups excluding carboxylic acids is 1. The van der Waals surface area contributed by atoms with Gasteiger partial charge in [0.05, 0.1) is 0 Å². The molecule has 1 aliphatic carbocycles. The number of halogens is 2. The van der Waals surface area contributed by atoms with Crippen molar-refractivity contribution in [2.75, 3.05) is 6.54 Å². The molecule has 21 heavy (non-hydrogen) atoms. The zero-order valence-corrected chi connectivity index (χ0v) is 12.3. The van der Waals surface area contributed by atoms with Gasteiger partial charge in [-0.3, -0.25) is 4.79 Å². The number of carbonyl (C=O) groups is 1. The van der Waals surface area contributed by atoms with Crippen molar-refractivity contribution in [1.29, 1.82) is 0 Å². The molecule has 0 aliphatic heterocycles. The molecule has 0 heterocycles. The highest BCUT2D eigenvalue weighted by molar-refractivity contribution is 5.77. The Kier molecular flexibility index (Phi) is 4.93. The lowest BCUT2D eigenvalue weighted by Crippen LogP contribution is -2.44. The molecule has 0 aromatic heterocycles. The number of hydrogen-bond acceptors (Lipinski definition) is 2. The van der Waals surface area contributed by atoms with E-state index in [9.17, 15) is 13.6 Å². The Morgan fingerprint density at radius 2 is 2.00 bits per heavy atom. The number of nitrogens with one attached hydrogen (secondary N) is 1. The van der Waals surface area contributed by atoms with Gasteiger partial charge in [-0.2, -0.15) is 0 Å². The molecular weight excluding hydrogens is 274 g/mol. The number of hydrogen-bond donors (Lipinski definition) is 2. The van der Waals surface area contributed by atoms with Gasteiger partial charge in [-0.15, -0.1) is 0 Å². The third-order valence-corrected chi connectivity index (χ3v) is 4.36. The first-order chi connectivity index (χ1) is 9.96. The first kappa shape index (κ1) is 15.9. The average Bonchev–Trinajstić information content (AvgIpc) is 2.38. The van der Waals surface area contributed by atoms with Gasteiger partial charge in [0, 0.05) is 18.0 Å². The fourth-order valence-electron chi connectivity index (χ4n) is 2.88. The maximum absolute atomic E-state index is 13.6. The van der Waals surface area contributed by atoms with Crippen molar-refractivity contribution in [3.8, 4) is 0 Å². The minimum absolute atomic E-state index is 0.0162. The highest BCUT2D eigenvalue weighted by Gasteiger charge is 2.37.